The fourth-order valence-electron chi connectivity index (χ4n) is 2.59. The highest BCUT2D eigenvalue weighted by Gasteiger charge is 2.28. The van der Waals surface area contributed by atoms with Crippen LogP contribution in [0.5, 0.6) is 0 Å². The lowest BCUT2D eigenvalue weighted by Gasteiger charge is -2.41. The zero-order valence-corrected chi connectivity index (χ0v) is 9.77. The Balaban J connectivity index is 1.64. The molecule has 1 aliphatic carbocycles. The van der Waals surface area contributed by atoms with Gasteiger partial charge in [-0.2, -0.15) is 0 Å². The number of piperidine rings is 1. The molecule has 82 valence electrons. The maximum Gasteiger partial charge on any atom is 0.00952 e. The largest absolute Gasteiger partial charge is 0.300 e. The van der Waals surface area contributed by atoms with Crippen LogP contribution in [-0.2, 0) is 0 Å². The van der Waals surface area contributed by atoms with Crippen molar-refractivity contribution in [2.45, 2.75) is 44.6 Å². The molecular formula is C11H22N2S. The molecule has 0 radical (unpaired) electrons. The number of hydrogen-bond acceptors (Lipinski definition) is 3. The van der Waals surface area contributed by atoms with Gasteiger partial charge in [-0.15, -0.1) is 0 Å². The maximum atomic E-state index is 5.46. The molecule has 0 spiro atoms. The van der Waals surface area contributed by atoms with Crippen molar-refractivity contribution in [2.75, 3.05) is 18.8 Å². The predicted octanol–water partition coefficient (Wildman–Crippen LogP) is 2.25. The molecule has 0 aromatic heterocycles. The van der Waals surface area contributed by atoms with Crippen LogP contribution >= 0.6 is 11.9 Å². The number of nitrogens with zero attached hydrogens (tertiary/aromatic N) is 1. The molecule has 2 nitrogen and oxygen atoms in total. The van der Waals surface area contributed by atoms with E-state index in [-0.39, 0.29) is 0 Å². The van der Waals surface area contributed by atoms with Crippen molar-refractivity contribution in [3.63, 3.8) is 0 Å². The molecule has 0 bridgehead atoms. The Kier molecular flexibility index (Phi) is 4.14. The van der Waals surface area contributed by atoms with Crippen molar-refractivity contribution in [1.29, 1.82) is 0 Å². The van der Waals surface area contributed by atoms with E-state index in [1.807, 2.05) is 0 Å². The van der Waals surface area contributed by atoms with Crippen LogP contribution in [0.15, 0.2) is 0 Å². The summed E-state index contributed by atoms with van der Waals surface area (Å²) < 4.78 is 0. The van der Waals surface area contributed by atoms with Gasteiger partial charge in [0.1, 0.15) is 0 Å². The first-order chi connectivity index (χ1) is 6.90. The topological polar surface area (TPSA) is 29.3 Å². The number of hydrogen-bond donors (Lipinski definition) is 1. The summed E-state index contributed by atoms with van der Waals surface area (Å²) in [7, 11) is 0. The molecule has 1 saturated heterocycles. The third-order valence-electron chi connectivity index (χ3n) is 3.88. The first kappa shape index (κ1) is 10.8. The molecule has 0 aromatic carbocycles. The number of nitrogens with two attached hydrogens (primary N) is 1. The van der Waals surface area contributed by atoms with Gasteiger partial charge < -0.3 is 4.90 Å². The molecule has 2 rings (SSSR count). The summed E-state index contributed by atoms with van der Waals surface area (Å²) in [5.41, 5.74) is 0. The highest BCUT2D eigenvalue weighted by Crippen LogP contribution is 2.30. The van der Waals surface area contributed by atoms with Gasteiger partial charge in [-0.3, -0.25) is 5.14 Å². The molecule has 2 N–H and O–H groups in total. The van der Waals surface area contributed by atoms with Crippen LogP contribution in [0.3, 0.4) is 0 Å². The third-order valence-corrected chi connectivity index (χ3v) is 4.36. The lowest BCUT2D eigenvalue weighted by atomic mass is 9.87. The monoisotopic (exact) mass is 214 g/mol. The number of likely N-dealkylation sites (tertiary alicyclic amines) is 1. The minimum absolute atomic E-state index is 0.958. The first-order valence-electron chi connectivity index (χ1n) is 5.96. The molecule has 1 heterocycles. The van der Waals surface area contributed by atoms with Crippen LogP contribution in [0.2, 0.25) is 0 Å². The quantitative estimate of drug-likeness (QED) is 0.728. The van der Waals surface area contributed by atoms with Crippen LogP contribution in [0, 0.1) is 5.92 Å². The van der Waals surface area contributed by atoms with E-state index in [1.165, 1.54) is 63.6 Å². The molecule has 1 aliphatic heterocycles. The van der Waals surface area contributed by atoms with Gasteiger partial charge in [-0.1, -0.05) is 18.4 Å². The Hall–Kier alpha value is 0.270. The average molecular weight is 214 g/mol. The summed E-state index contributed by atoms with van der Waals surface area (Å²) in [5.74, 6) is 2.11. The summed E-state index contributed by atoms with van der Waals surface area (Å²) >= 11 is 1.50. The van der Waals surface area contributed by atoms with Crippen molar-refractivity contribution in [3.05, 3.63) is 0 Å². The summed E-state index contributed by atoms with van der Waals surface area (Å²) in [5, 5.41) is 5.46. The van der Waals surface area contributed by atoms with Gasteiger partial charge in [0, 0.05) is 11.8 Å². The Morgan fingerprint density at radius 3 is 2.36 bits per heavy atom. The van der Waals surface area contributed by atoms with Crippen molar-refractivity contribution in [1.82, 2.24) is 4.90 Å². The summed E-state index contributed by atoms with van der Waals surface area (Å²) in [4.78, 5) is 2.72. The SMILES string of the molecule is NSCCC1CCN(C2CCC2)CC1. The second-order valence-corrected chi connectivity index (χ2v) is 5.47. The van der Waals surface area contributed by atoms with Gasteiger partial charge in [0.25, 0.3) is 0 Å². The Morgan fingerprint density at radius 2 is 1.86 bits per heavy atom. The highest BCUT2D eigenvalue weighted by atomic mass is 32.2. The normalized spacial score (nSPS) is 26.4. The molecule has 14 heavy (non-hydrogen) atoms. The van der Waals surface area contributed by atoms with Crippen LogP contribution in [-0.4, -0.2) is 29.8 Å². The fourth-order valence-corrected chi connectivity index (χ4v) is 3.06. The van der Waals surface area contributed by atoms with Crippen LogP contribution in [0.1, 0.15) is 38.5 Å². The van der Waals surface area contributed by atoms with Gasteiger partial charge in [-0.05, 0) is 51.1 Å². The summed E-state index contributed by atoms with van der Waals surface area (Å²) in [6.07, 6.45) is 8.55. The van der Waals surface area contributed by atoms with Gasteiger partial charge >= 0.3 is 0 Å². The van der Waals surface area contributed by atoms with Gasteiger partial charge in [-0.25, -0.2) is 0 Å². The molecule has 3 heteroatoms. The van der Waals surface area contributed by atoms with E-state index >= 15 is 0 Å². The highest BCUT2D eigenvalue weighted by molar-refractivity contribution is 7.97. The van der Waals surface area contributed by atoms with Crippen LogP contribution < -0.4 is 5.14 Å². The molecule has 0 aromatic rings. The molecule has 0 amide bonds. The molecule has 2 fully saturated rings. The van der Waals surface area contributed by atoms with Gasteiger partial charge in [0.15, 0.2) is 0 Å². The molecule has 0 unspecified atom stereocenters. The van der Waals surface area contributed by atoms with Crippen LogP contribution in [0.4, 0.5) is 0 Å². The van der Waals surface area contributed by atoms with Crippen molar-refractivity contribution in [2.24, 2.45) is 11.1 Å². The van der Waals surface area contributed by atoms with Gasteiger partial charge in [0.2, 0.25) is 0 Å². The molecule has 1 saturated carbocycles. The number of rotatable bonds is 4. The van der Waals surface area contributed by atoms with E-state index in [2.05, 4.69) is 4.90 Å². The van der Waals surface area contributed by atoms with E-state index in [0.717, 1.165) is 17.7 Å². The molecular weight excluding hydrogens is 192 g/mol. The van der Waals surface area contributed by atoms with Gasteiger partial charge in [0.05, 0.1) is 0 Å². The standard InChI is InChI=1S/C11H22N2S/c12-14-9-6-10-4-7-13(8-5-10)11-2-1-3-11/h10-11H,1-9,12H2. The van der Waals surface area contributed by atoms with E-state index in [4.69, 9.17) is 5.14 Å². The van der Waals surface area contributed by atoms with E-state index in [0.29, 0.717) is 0 Å². The maximum absolute atomic E-state index is 5.46. The Labute approximate surface area is 91.7 Å². The van der Waals surface area contributed by atoms with E-state index in [1.54, 1.807) is 0 Å². The van der Waals surface area contributed by atoms with Crippen molar-refractivity contribution in [3.8, 4) is 0 Å². The second-order valence-electron chi connectivity index (χ2n) is 4.72. The van der Waals surface area contributed by atoms with Crippen molar-refractivity contribution < 1.29 is 0 Å². The second kappa shape index (κ2) is 5.38. The predicted molar refractivity (Wildman–Crippen MR) is 63.2 cm³/mol. The zero-order chi connectivity index (χ0) is 9.80. The minimum atomic E-state index is 0.958. The van der Waals surface area contributed by atoms with E-state index < -0.39 is 0 Å². The smallest absolute Gasteiger partial charge is 0.00952 e. The Morgan fingerprint density at radius 1 is 1.14 bits per heavy atom. The lowest BCUT2D eigenvalue weighted by molar-refractivity contribution is 0.0840. The van der Waals surface area contributed by atoms with Crippen LogP contribution in [0.25, 0.3) is 0 Å². The average Bonchev–Trinajstić information content (AvgIpc) is 2.14. The molecule has 2 aliphatic rings. The van der Waals surface area contributed by atoms with E-state index in [9.17, 15) is 0 Å². The Bertz CT molecular complexity index is 163. The zero-order valence-electron chi connectivity index (χ0n) is 8.95. The first-order valence-corrected chi connectivity index (χ1v) is 7.01. The minimum Gasteiger partial charge on any atom is -0.300 e. The summed E-state index contributed by atoms with van der Waals surface area (Å²) in [6, 6.07) is 0.958. The third kappa shape index (κ3) is 2.65. The fraction of sp³-hybridized carbons (Fsp3) is 1.00. The molecule has 0 atom stereocenters. The summed E-state index contributed by atoms with van der Waals surface area (Å²) in [6.45, 7) is 2.70. The van der Waals surface area contributed by atoms with Crippen molar-refractivity contribution >= 4 is 11.9 Å². The lowest BCUT2D eigenvalue weighted by Crippen LogP contribution is -2.44.